The Kier molecular flexibility index (Phi) is 7.20. The second kappa shape index (κ2) is 10.5. The fourth-order valence-corrected chi connectivity index (χ4v) is 4.03. The molecule has 0 unspecified atom stereocenters. The van der Waals surface area contributed by atoms with Crippen molar-refractivity contribution >= 4 is 17.5 Å². The highest BCUT2D eigenvalue weighted by Crippen LogP contribution is 2.28. The van der Waals surface area contributed by atoms with E-state index in [1.54, 1.807) is 25.0 Å². The molecule has 0 aliphatic rings. The third-order valence-electron chi connectivity index (χ3n) is 6.06. The van der Waals surface area contributed by atoms with E-state index in [0.717, 1.165) is 33.6 Å². The van der Waals surface area contributed by atoms with Crippen LogP contribution in [0.5, 0.6) is 5.75 Å². The lowest BCUT2D eigenvalue weighted by Crippen LogP contribution is -2.35. The average molecular weight is 483 g/mol. The van der Waals surface area contributed by atoms with Gasteiger partial charge in [-0.2, -0.15) is 5.10 Å². The van der Waals surface area contributed by atoms with Crippen LogP contribution in [0.3, 0.4) is 0 Å². The molecule has 1 aromatic heterocycles. The maximum atomic E-state index is 13.6. The van der Waals surface area contributed by atoms with Crippen LogP contribution in [0.25, 0.3) is 16.9 Å². The highest BCUT2D eigenvalue weighted by Gasteiger charge is 2.23. The maximum Gasteiger partial charge on any atom is 0.257 e. The van der Waals surface area contributed by atoms with Crippen LogP contribution < -0.4 is 10.1 Å². The summed E-state index contributed by atoms with van der Waals surface area (Å²) in [6.07, 6.45) is 1.71. The van der Waals surface area contributed by atoms with Crippen LogP contribution >= 0.6 is 0 Å². The first-order valence-corrected chi connectivity index (χ1v) is 11.7. The molecule has 0 aliphatic carbocycles. The monoisotopic (exact) mass is 482 g/mol. The predicted molar refractivity (Wildman–Crippen MR) is 142 cm³/mol. The average Bonchev–Trinajstić information content (AvgIpc) is 3.32. The van der Waals surface area contributed by atoms with Crippen molar-refractivity contribution in [3.8, 4) is 22.7 Å². The number of aryl methyl sites for hydroxylation is 3. The SMILES string of the molecule is COc1cccc(-c2nn(-c3ccc(C)cc3)cc2C(=O)N(C)CC(=O)Nc2c(C)cccc2C)c1. The number of carbonyl (C=O) groups is 2. The number of ether oxygens (including phenoxy) is 1. The van der Waals surface area contributed by atoms with Gasteiger partial charge in [-0.05, 0) is 56.2 Å². The standard InChI is InChI=1S/C29H30N4O3/c1-19-12-14-23(15-13-19)33-17-25(28(31-33)22-10-7-11-24(16-22)36-5)29(35)32(4)18-26(34)30-27-20(2)8-6-9-21(27)3/h6-17H,18H2,1-5H3,(H,30,34). The van der Waals surface area contributed by atoms with Crippen LogP contribution in [-0.2, 0) is 4.79 Å². The van der Waals surface area contributed by atoms with E-state index >= 15 is 0 Å². The number of likely N-dealkylation sites (N-methyl/N-ethyl adjacent to an activating group) is 1. The van der Waals surface area contributed by atoms with Gasteiger partial charge in [-0.3, -0.25) is 9.59 Å². The van der Waals surface area contributed by atoms with E-state index < -0.39 is 0 Å². The Hall–Kier alpha value is -4.39. The van der Waals surface area contributed by atoms with E-state index in [1.165, 1.54) is 4.90 Å². The number of anilines is 1. The zero-order valence-electron chi connectivity index (χ0n) is 21.2. The highest BCUT2D eigenvalue weighted by atomic mass is 16.5. The van der Waals surface area contributed by atoms with E-state index in [9.17, 15) is 9.59 Å². The number of rotatable bonds is 7. The first-order chi connectivity index (χ1) is 17.3. The Balaban J connectivity index is 1.64. The van der Waals surface area contributed by atoms with Crippen molar-refractivity contribution in [3.05, 3.63) is 95.2 Å². The zero-order chi connectivity index (χ0) is 25.8. The van der Waals surface area contributed by atoms with Gasteiger partial charge in [0.05, 0.1) is 24.9 Å². The summed E-state index contributed by atoms with van der Waals surface area (Å²) >= 11 is 0. The number of para-hydroxylation sites is 1. The molecule has 0 fully saturated rings. The normalized spacial score (nSPS) is 10.7. The van der Waals surface area contributed by atoms with Gasteiger partial charge in [-0.15, -0.1) is 0 Å². The molecule has 4 aromatic rings. The molecule has 36 heavy (non-hydrogen) atoms. The van der Waals surface area contributed by atoms with Gasteiger partial charge in [-0.25, -0.2) is 4.68 Å². The molecule has 184 valence electrons. The highest BCUT2D eigenvalue weighted by molar-refractivity contribution is 6.03. The second-order valence-corrected chi connectivity index (χ2v) is 8.88. The largest absolute Gasteiger partial charge is 0.497 e. The Morgan fingerprint density at radius 1 is 0.972 bits per heavy atom. The Morgan fingerprint density at radius 3 is 2.31 bits per heavy atom. The van der Waals surface area contributed by atoms with Crippen molar-refractivity contribution in [2.24, 2.45) is 0 Å². The van der Waals surface area contributed by atoms with Gasteiger partial charge >= 0.3 is 0 Å². The van der Waals surface area contributed by atoms with Gasteiger partial charge in [-0.1, -0.05) is 48.0 Å². The van der Waals surface area contributed by atoms with Crippen LogP contribution in [0.2, 0.25) is 0 Å². The third-order valence-corrected chi connectivity index (χ3v) is 6.06. The molecule has 0 aliphatic heterocycles. The van der Waals surface area contributed by atoms with Gasteiger partial charge in [0.2, 0.25) is 5.91 Å². The fourth-order valence-electron chi connectivity index (χ4n) is 4.03. The van der Waals surface area contributed by atoms with Crippen molar-refractivity contribution in [2.45, 2.75) is 20.8 Å². The molecule has 0 bridgehead atoms. The number of amides is 2. The summed E-state index contributed by atoms with van der Waals surface area (Å²) in [4.78, 5) is 27.8. The predicted octanol–water partition coefficient (Wildman–Crippen LogP) is 5.18. The molecule has 2 amide bonds. The van der Waals surface area contributed by atoms with Crippen LogP contribution in [0, 0.1) is 20.8 Å². The summed E-state index contributed by atoms with van der Waals surface area (Å²) in [5.74, 6) is 0.0945. The van der Waals surface area contributed by atoms with Crippen molar-refractivity contribution in [2.75, 3.05) is 26.0 Å². The Bertz CT molecular complexity index is 1390. The van der Waals surface area contributed by atoms with Crippen LogP contribution in [-0.4, -0.2) is 47.2 Å². The fraction of sp³-hybridized carbons (Fsp3) is 0.207. The Morgan fingerprint density at radius 2 is 1.64 bits per heavy atom. The number of carbonyl (C=O) groups excluding carboxylic acids is 2. The zero-order valence-corrected chi connectivity index (χ0v) is 21.2. The smallest absolute Gasteiger partial charge is 0.257 e. The van der Waals surface area contributed by atoms with Crippen molar-refractivity contribution in [3.63, 3.8) is 0 Å². The molecule has 1 heterocycles. The minimum absolute atomic E-state index is 0.0974. The lowest BCUT2D eigenvalue weighted by molar-refractivity contribution is -0.116. The number of benzene rings is 3. The molecular formula is C29H30N4O3. The summed E-state index contributed by atoms with van der Waals surface area (Å²) < 4.78 is 7.06. The Labute approximate surface area is 211 Å². The number of nitrogens with one attached hydrogen (secondary N) is 1. The van der Waals surface area contributed by atoms with Gasteiger partial charge in [0, 0.05) is 24.5 Å². The van der Waals surface area contributed by atoms with Crippen LogP contribution in [0.4, 0.5) is 5.69 Å². The number of methoxy groups -OCH3 is 1. The lowest BCUT2D eigenvalue weighted by atomic mass is 10.1. The van der Waals surface area contributed by atoms with E-state index in [0.29, 0.717) is 17.0 Å². The van der Waals surface area contributed by atoms with Crippen molar-refractivity contribution < 1.29 is 14.3 Å². The molecule has 0 atom stereocenters. The van der Waals surface area contributed by atoms with Gasteiger partial charge in [0.1, 0.15) is 11.4 Å². The molecule has 0 radical (unpaired) electrons. The molecule has 7 nitrogen and oxygen atoms in total. The molecule has 0 saturated carbocycles. The number of nitrogens with zero attached hydrogens (tertiary/aromatic N) is 3. The maximum absolute atomic E-state index is 13.6. The second-order valence-electron chi connectivity index (χ2n) is 8.88. The lowest BCUT2D eigenvalue weighted by Gasteiger charge is -2.18. The molecule has 0 saturated heterocycles. The summed E-state index contributed by atoms with van der Waals surface area (Å²) in [6.45, 7) is 5.80. The van der Waals surface area contributed by atoms with Gasteiger partial charge in [0.25, 0.3) is 5.91 Å². The van der Waals surface area contributed by atoms with E-state index in [-0.39, 0.29) is 18.4 Å². The van der Waals surface area contributed by atoms with E-state index in [1.807, 2.05) is 87.5 Å². The van der Waals surface area contributed by atoms with Crippen LogP contribution in [0.15, 0.2) is 72.9 Å². The summed E-state index contributed by atoms with van der Waals surface area (Å²) in [7, 11) is 3.21. The third kappa shape index (κ3) is 5.30. The first kappa shape index (κ1) is 24.7. The number of aromatic nitrogens is 2. The van der Waals surface area contributed by atoms with Crippen molar-refractivity contribution in [1.82, 2.24) is 14.7 Å². The number of hydrogen-bond acceptors (Lipinski definition) is 4. The van der Waals surface area contributed by atoms with E-state index in [4.69, 9.17) is 9.84 Å². The molecule has 0 spiro atoms. The summed E-state index contributed by atoms with van der Waals surface area (Å²) in [6, 6.07) is 21.1. The molecule has 1 N–H and O–H groups in total. The topological polar surface area (TPSA) is 76.5 Å². The summed E-state index contributed by atoms with van der Waals surface area (Å²) in [5.41, 5.74) is 6.33. The molecule has 7 heteroatoms. The van der Waals surface area contributed by atoms with E-state index in [2.05, 4.69) is 5.32 Å². The first-order valence-electron chi connectivity index (χ1n) is 11.7. The summed E-state index contributed by atoms with van der Waals surface area (Å²) in [5, 5.41) is 7.69. The van der Waals surface area contributed by atoms with Crippen LogP contribution in [0.1, 0.15) is 27.0 Å². The van der Waals surface area contributed by atoms with Gasteiger partial charge < -0.3 is 15.0 Å². The quantitative estimate of drug-likeness (QED) is 0.394. The molecule has 4 rings (SSSR count). The number of hydrogen-bond donors (Lipinski definition) is 1. The van der Waals surface area contributed by atoms with Crippen molar-refractivity contribution in [1.29, 1.82) is 0 Å². The minimum Gasteiger partial charge on any atom is -0.497 e. The minimum atomic E-state index is -0.303. The molecule has 3 aromatic carbocycles. The molecular weight excluding hydrogens is 452 g/mol. The van der Waals surface area contributed by atoms with Gasteiger partial charge in [0.15, 0.2) is 0 Å².